The molecule has 0 saturated carbocycles. The van der Waals surface area contributed by atoms with Crippen LogP contribution in [0.3, 0.4) is 0 Å². The van der Waals surface area contributed by atoms with Gasteiger partial charge in [0.2, 0.25) is 0 Å². The van der Waals surface area contributed by atoms with E-state index < -0.39 is 30.6 Å². The first kappa shape index (κ1) is 34.7. The van der Waals surface area contributed by atoms with Gasteiger partial charge in [0.1, 0.15) is 12.2 Å². The molecular formula is C35H50O8. The van der Waals surface area contributed by atoms with Crippen LogP contribution in [0.15, 0.2) is 60.7 Å². The van der Waals surface area contributed by atoms with E-state index >= 15 is 0 Å². The van der Waals surface area contributed by atoms with Crippen molar-refractivity contribution in [3.8, 4) is 0 Å². The number of methoxy groups -OCH3 is 1. The SMILES string of the molecule is COC(=O)CCCCCCCCCCCO[C@H]1O[C@H](C)[C@@H](OCc2ccccc2)[C@H](OC(C)=O)[C@@H]1OCc1ccccc1. The van der Waals surface area contributed by atoms with Crippen molar-refractivity contribution in [1.29, 1.82) is 0 Å². The molecule has 0 N–H and O–H groups in total. The highest BCUT2D eigenvalue weighted by Crippen LogP contribution is 2.30. The number of carbonyl (C=O) groups is 2. The van der Waals surface area contributed by atoms with Gasteiger partial charge < -0.3 is 28.4 Å². The van der Waals surface area contributed by atoms with Crippen molar-refractivity contribution < 1.29 is 38.0 Å². The zero-order chi connectivity index (χ0) is 30.7. The molecule has 5 atom stereocenters. The van der Waals surface area contributed by atoms with Gasteiger partial charge in [0, 0.05) is 20.0 Å². The first-order valence-corrected chi connectivity index (χ1v) is 15.8. The van der Waals surface area contributed by atoms with Gasteiger partial charge in [-0.25, -0.2) is 0 Å². The molecule has 0 aliphatic carbocycles. The summed E-state index contributed by atoms with van der Waals surface area (Å²) >= 11 is 0. The van der Waals surface area contributed by atoms with E-state index in [-0.39, 0.29) is 12.1 Å². The van der Waals surface area contributed by atoms with E-state index in [9.17, 15) is 9.59 Å². The lowest BCUT2D eigenvalue weighted by Crippen LogP contribution is -2.60. The maximum atomic E-state index is 12.2. The van der Waals surface area contributed by atoms with Crippen molar-refractivity contribution in [2.24, 2.45) is 0 Å². The second-order valence-electron chi connectivity index (χ2n) is 11.2. The number of unbranched alkanes of at least 4 members (excludes halogenated alkanes) is 8. The Bertz CT molecular complexity index is 1030. The van der Waals surface area contributed by atoms with Gasteiger partial charge in [0.15, 0.2) is 12.4 Å². The third-order valence-corrected chi connectivity index (χ3v) is 7.63. The van der Waals surface area contributed by atoms with Gasteiger partial charge in [-0.05, 0) is 30.9 Å². The van der Waals surface area contributed by atoms with Gasteiger partial charge in [-0.1, -0.05) is 106 Å². The van der Waals surface area contributed by atoms with E-state index in [1.54, 1.807) is 0 Å². The molecule has 0 amide bonds. The monoisotopic (exact) mass is 598 g/mol. The Hall–Kier alpha value is -2.78. The van der Waals surface area contributed by atoms with Gasteiger partial charge in [0.05, 0.1) is 26.4 Å². The molecule has 0 bridgehead atoms. The fraction of sp³-hybridized carbons (Fsp3) is 0.600. The van der Waals surface area contributed by atoms with E-state index in [0.717, 1.165) is 49.7 Å². The predicted octanol–water partition coefficient (Wildman–Crippen LogP) is 6.92. The molecule has 2 aromatic carbocycles. The van der Waals surface area contributed by atoms with Crippen molar-refractivity contribution in [3.63, 3.8) is 0 Å². The average molecular weight is 599 g/mol. The Balaban J connectivity index is 1.50. The minimum absolute atomic E-state index is 0.123. The molecule has 0 aromatic heterocycles. The van der Waals surface area contributed by atoms with Crippen molar-refractivity contribution in [2.75, 3.05) is 13.7 Å². The van der Waals surface area contributed by atoms with Gasteiger partial charge in [0.25, 0.3) is 0 Å². The molecule has 0 radical (unpaired) electrons. The predicted molar refractivity (Wildman–Crippen MR) is 164 cm³/mol. The third-order valence-electron chi connectivity index (χ3n) is 7.63. The summed E-state index contributed by atoms with van der Waals surface area (Å²) in [4.78, 5) is 23.4. The van der Waals surface area contributed by atoms with Crippen LogP contribution in [0.25, 0.3) is 0 Å². The molecule has 0 spiro atoms. The van der Waals surface area contributed by atoms with Gasteiger partial charge in [-0.3, -0.25) is 9.59 Å². The molecule has 8 nitrogen and oxygen atoms in total. The maximum absolute atomic E-state index is 12.2. The molecular weight excluding hydrogens is 548 g/mol. The van der Waals surface area contributed by atoms with Crippen molar-refractivity contribution >= 4 is 11.9 Å². The quantitative estimate of drug-likeness (QED) is 0.120. The normalized spacial score (nSPS) is 21.8. The molecule has 43 heavy (non-hydrogen) atoms. The smallest absolute Gasteiger partial charge is 0.305 e. The van der Waals surface area contributed by atoms with E-state index in [1.807, 2.05) is 67.6 Å². The minimum Gasteiger partial charge on any atom is -0.469 e. The zero-order valence-electron chi connectivity index (χ0n) is 26.1. The summed E-state index contributed by atoms with van der Waals surface area (Å²) in [5.74, 6) is -0.523. The largest absolute Gasteiger partial charge is 0.469 e. The number of benzene rings is 2. The van der Waals surface area contributed by atoms with Crippen LogP contribution < -0.4 is 0 Å². The number of rotatable bonds is 20. The molecule has 1 aliphatic rings. The molecule has 1 heterocycles. The lowest BCUT2D eigenvalue weighted by Gasteiger charge is -2.44. The summed E-state index contributed by atoms with van der Waals surface area (Å²) < 4.78 is 35.8. The maximum Gasteiger partial charge on any atom is 0.305 e. The van der Waals surface area contributed by atoms with Crippen LogP contribution in [0, 0.1) is 0 Å². The lowest BCUT2D eigenvalue weighted by atomic mass is 9.98. The van der Waals surface area contributed by atoms with Crippen LogP contribution in [0.5, 0.6) is 0 Å². The Morgan fingerprint density at radius 3 is 1.72 bits per heavy atom. The Kier molecular flexibility index (Phi) is 16.3. The van der Waals surface area contributed by atoms with Crippen molar-refractivity contribution in [1.82, 2.24) is 0 Å². The van der Waals surface area contributed by atoms with Crippen LogP contribution in [0.4, 0.5) is 0 Å². The van der Waals surface area contributed by atoms with E-state index in [2.05, 4.69) is 4.74 Å². The first-order valence-electron chi connectivity index (χ1n) is 15.8. The first-order chi connectivity index (χ1) is 21.0. The fourth-order valence-corrected chi connectivity index (χ4v) is 5.28. The van der Waals surface area contributed by atoms with Crippen LogP contribution >= 0.6 is 0 Å². The average Bonchev–Trinajstić information content (AvgIpc) is 3.01. The summed E-state index contributed by atoms with van der Waals surface area (Å²) in [5.41, 5.74) is 2.03. The lowest BCUT2D eigenvalue weighted by molar-refractivity contribution is -0.313. The summed E-state index contributed by atoms with van der Waals surface area (Å²) in [5, 5.41) is 0. The number of carbonyl (C=O) groups excluding carboxylic acids is 2. The number of esters is 2. The molecule has 1 aliphatic heterocycles. The topological polar surface area (TPSA) is 89.5 Å². The van der Waals surface area contributed by atoms with E-state index in [1.165, 1.54) is 33.3 Å². The molecule has 8 heteroatoms. The summed E-state index contributed by atoms with van der Waals surface area (Å²) in [6.07, 6.45) is 7.41. The highest BCUT2D eigenvalue weighted by molar-refractivity contribution is 5.69. The van der Waals surface area contributed by atoms with Gasteiger partial charge >= 0.3 is 11.9 Å². The highest BCUT2D eigenvalue weighted by atomic mass is 16.7. The summed E-state index contributed by atoms with van der Waals surface area (Å²) in [6, 6.07) is 19.8. The van der Waals surface area contributed by atoms with Gasteiger partial charge in [-0.15, -0.1) is 0 Å². The van der Waals surface area contributed by atoms with E-state index in [0.29, 0.717) is 26.2 Å². The Labute approximate surface area is 257 Å². The Morgan fingerprint density at radius 1 is 0.674 bits per heavy atom. The molecule has 238 valence electrons. The van der Waals surface area contributed by atoms with Crippen molar-refractivity contribution in [3.05, 3.63) is 71.8 Å². The number of ether oxygens (including phenoxy) is 6. The van der Waals surface area contributed by atoms with Crippen LogP contribution in [0.1, 0.15) is 89.2 Å². The standard InChI is InChI=1S/C35H50O8/c1-27-32(40-25-29-19-13-11-14-20-29)33(43-28(2)36)34(41-26-30-21-15-12-16-22-30)35(42-27)39-24-18-10-8-6-4-5-7-9-17-23-31(37)38-3/h11-16,19-22,27,32-35H,4-10,17-18,23-26H2,1-3H3/t27-,32-,33+,34+,35+/m1/s1. The molecule has 1 fully saturated rings. The van der Waals surface area contributed by atoms with Crippen LogP contribution in [-0.4, -0.2) is 56.4 Å². The molecule has 2 aromatic rings. The van der Waals surface area contributed by atoms with E-state index in [4.69, 9.17) is 23.7 Å². The summed E-state index contributed by atoms with van der Waals surface area (Å²) in [6.45, 7) is 4.54. The fourth-order valence-electron chi connectivity index (χ4n) is 5.28. The minimum atomic E-state index is -0.690. The van der Waals surface area contributed by atoms with Crippen LogP contribution in [-0.2, 0) is 51.2 Å². The van der Waals surface area contributed by atoms with Crippen LogP contribution in [0.2, 0.25) is 0 Å². The second-order valence-corrected chi connectivity index (χ2v) is 11.2. The Morgan fingerprint density at radius 2 is 1.19 bits per heavy atom. The zero-order valence-corrected chi connectivity index (χ0v) is 26.1. The number of hydrogen-bond donors (Lipinski definition) is 0. The third kappa shape index (κ3) is 13.2. The number of hydrogen-bond acceptors (Lipinski definition) is 8. The van der Waals surface area contributed by atoms with Crippen molar-refractivity contribution in [2.45, 2.75) is 122 Å². The molecule has 0 unspecified atom stereocenters. The molecule has 3 rings (SSSR count). The van der Waals surface area contributed by atoms with Gasteiger partial charge in [-0.2, -0.15) is 0 Å². The molecule has 1 saturated heterocycles. The second kappa shape index (κ2) is 20.2. The summed E-state index contributed by atoms with van der Waals surface area (Å²) in [7, 11) is 1.44. The highest BCUT2D eigenvalue weighted by Gasteiger charge is 2.48.